The molecule has 0 aromatic heterocycles. The van der Waals surface area contributed by atoms with Crippen LogP contribution in [0.2, 0.25) is 5.02 Å². The normalized spacial score (nSPS) is 22.3. The topological polar surface area (TPSA) is 40.5 Å². The van der Waals surface area contributed by atoms with Crippen LogP contribution in [0.4, 0.5) is 0 Å². The SMILES string of the molecule is C=C(C)C=CC1CCC(C)=CC1c1cc(Cl)c(O)cc1O. The highest BCUT2D eigenvalue weighted by atomic mass is 35.5. The van der Waals surface area contributed by atoms with Gasteiger partial charge in [-0.15, -0.1) is 0 Å². The van der Waals surface area contributed by atoms with Crippen molar-refractivity contribution in [3.63, 3.8) is 0 Å². The van der Waals surface area contributed by atoms with Crippen LogP contribution >= 0.6 is 11.6 Å². The second-order valence-corrected chi connectivity index (χ2v) is 6.22. The molecule has 2 N–H and O–H groups in total. The van der Waals surface area contributed by atoms with Crippen molar-refractivity contribution in [2.75, 3.05) is 0 Å². The summed E-state index contributed by atoms with van der Waals surface area (Å²) in [5, 5.41) is 20.0. The Balaban J connectivity index is 2.43. The molecule has 0 amide bonds. The third-order valence-corrected chi connectivity index (χ3v) is 4.18. The van der Waals surface area contributed by atoms with Crippen LogP contribution in [0.5, 0.6) is 11.5 Å². The minimum atomic E-state index is -0.0940. The molecule has 0 fully saturated rings. The van der Waals surface area contributed by atoms with E-state index in [4.69, 9.17) is 11.6 Å². The van der Waals surface area contributed by atoms with Crippen LogP contribution in [0.3, 0.4) is 0 Å². The van der Waals surface area contributed by atoms with E-state index in [2.05, 4.69) is 25.7 Å². The Bertz CT molecular complexity index is 614. The third-order valence-electron chi connectivity index (χ3n) is 3.88. The zero-order valence-corrected chi connectivity index (χ0v) is 13.2. The molecule has 21 heavy (non-hydrogen) atoms. The smallest absolute Gasteiger partial charge is 0.137 e. The van der Waals surface area contributed by atoms with Crippen LogP contribution in [0, 0.1) is 5.92 Å². The van der Waals surface area contributed by atoms with Gasteiger partial charge in [-0.25, -0.2) is 0 Å². The number of hydrogen-bond donors (Lipinski definition) is 2. The first kappa shape index (κ1) is 15.7. The van der Waals surface area contributed by atoms with Crippen LogP contribution in [0.25, 0.3) is 0 Å². The second-order valence-electron chi connectivity index (χ2n) is 5.81. The summed E-state index contributed by atoms with van der Waals surface area (Å²) in [4.78, 5) is 0. The molecule has 0 spiro atoms. The van der Waals surface area contributed by atoms with E-state index in [0.717, 1.165) is 24.0 Å². The predicted molar refractivity (Wildman–Crippen MR) is 88.0 cm³/mol. The molecule has 2 nitrogen and oxygen atoms in total. The maximum atomic E-state index is 10.2. The number of benzene rings is 1. The van der Waals surface area contributed by atoms with Gasteiger partial charge in [0.25, 0.3) is 0 Å². The zero-order valence-electron chi connectivity index (χ0n) is 12.4. The summed E-state index contributed by atoms with van der Waals surface area (Å²) in [6.45, 7) is 7.95. The molecule has 0 heterocycles. The van der Waals surface area contributed by atoms with Crippen molar-refractivity contribution in [3.8, 4) is 11.5 Å². The van der Waals surface area contributed by atoms with Gasteiger partial charge >= 0.3 is 0 Å². The van der Waals surface area contributed by atoms with Gasteiger partial charge in [0.05, 0.1) is 5.02 Å². The van der Waals surface area contributed by atoms with E-state index >= 15 is 0 Å². The molecule has 0 aliphatic heterocycles. The van der Waals surface area contributed by atoms with E-state index < -0.39 is 0 Å². The van der Waals surface area contributed by atoms with Gasteiger partial charge < -0.3 is 10.2 Å². The fourth-order valence-electron chi connectivity index (χ4n) is 2.74. The van der Waals surface area contributed by atoms with Crippen molar-refractivity contribution in [1.29, 1.82) is 0 Å². The van der Waals surface area contributed by atoms with Gasteiger partial charge in [-0.1, -0.05) is 47.6 Å². The van der Waals surface area contributed by atoms with Gasteiger partial charge in [0.2, 0.25) is 0 Å². The van der Waals surface area contributed by atoms with Crippen molar-refractivity contribution in [2.45, 2.75) is 32.6 Å². The van der Waals surface area contributed by atoms with Crippen LogP contribution in [0.1, 0.15) is 38.2 Å². The van der Waals surface area contributed by atoms with E-state index in [0.29, 0.717) is 0 Å². The molecule has 1 aliphatic carbocycles. The molecular weight excluding hydrogens is 284 g/mol. The molecule has 1 aromatic rings. The standard InChI is InChI=1S/C18H21ClO2/c1-11(2)4-6-13-7-5-12(3)8-14(13)15-9-16(19)18(21)10-17(15)20/h4,6,8-10,13-14,20-21H,1,5,7H2,2-3H3. The predicted octanol–water partition coefficient (Wildman–Crippen LogP) is 5.32. The summed E-state index contributed by atoms with van der Waals surface area (Å²) in [7, 11) is 0. The van der Waals surface area contributed by atoms with Gasteiger partial charge in [0, 0.05) is 17.5 Å². The first-order chi connectivity index (χ1) is 9.88. The summed E-state index contributed by atoms with van der Waals surface area (Å²) in [6.07, 6.45) is 8.42. The monoisotopic (exact) mass is 304 g/mol. The van der Waals surface area contributed by atoms with Gasteiger partial charge in [-0.05, 0) is 38.7 Å². The number of halogens is 1. The van der Waals surface area contributed by atoms with Crippen LogP contribution < -0.4 is 0 Å². The Morgan fingerprint density at radius 2 is 2.05 bits per heavy atom. The molecule has 0 saturated heterocycles. The largest absolute Gasteiger partial charge is 0.508 e. The van der Waals surface area contributed by atoms with Crippen molar-refractivity contribution in [2.24, 2.45) is 5.92 Å². The summed E-state index contributed by atoms with van der Waals surface area (Å²) >= 11 is 6.00. The Kier molecular flexibility index (Phi) is 4.79. The Hall–Kier alpha value is -1.67. The van der Waals surface area contributed by atoms with Crippen molar-refractivity contribution < 1.29 is 10.2 Å². The van der Waals surface area contributed by atoms with Gasteiger partial charge in [0.15, 0.2) is 0 Å². The maximum absolute atomic E-state index is 10.2. The van der Waals surface area contributed by atoms with Crippen molar-refractivity contribution in [1.82, 2.24) is 0 Å². The third kappa shape index (κ3) is 3.70. The minimum Gasteiger partial charge on any atom is -0.508 e. The number of phenolic OH excluding ortho intramolecular Hbond substituents is 2. The maximum Gasteiger partial charge on any atom is 0.137 e. The summed E-state index contributed by atoms with van der Waals surface area (Å²) in [5.41, 5.74) is 3.07. The molecule has 3 heteroatoms. The number of phenols is 2. The van der Waals surface area contributed by atoms with Crippen molar-refractivity contribution >= 4 is 11.6 Å². The average Bonchev–Trinajstić information content (AvgIpc) is 2.41. The Labute approximate surface area is 131 Å². The van der Waals surface area contributed by atoms with Crippen LogP contribution in [-0.2, 0) is 0 Å². The Morgan fingerprint density at radius 1 is 1.33 bits per heavy atom. The Morgan fingerprint density at radius 3 is 2.71 bits per heavy atom. The van der Waals surface area contributed by atoms with Crippen molar-refractivity contribution in [3.05, 3.63) is 58.7 Å². The molecule has 112 valence electrons. The van der Waals surface area contributed by atoms with Gasteiger partial charge in [-0.3, -0.25) is 0 Å². The van der Waals surface area contributed by atoms with Gasteiger partial charge in [0.1, 0.15) is 11.5 Å². The van der Waals surface area contributed by atoms with Crippen LogP contribution in [-0.4, -0.2) is 10.2 Å². The number of hydrogen-bond acceptors (Lipinski definition) is 2. The fraction of sp³-hybridized carbons (Fsp3) is 0.333. The molecule has 1 aliphatic rings. The minimum absolute atomic E-state index is 0.0625. The molecule has 0 saturated carbocycles. The molecule has 0 bridgehead atoms. The van der Waals surface area contributed by atoms with Crippen LogP contribution in [0.15, 0.2) is 48.1 Å². The molecule has 2 rings (SSSR count). The number of aromatic hydroxyl groups is 2. The van der Waals surface area contributed by atoms with Gasteiger partial charge in [-0.2, -0.15) is 0 Å². The molecule has 2 unspecified atom stereocenters. The molecule has 1 aromatic carbocycles. The highest BCUT2D eigenvalue weighted by molar-refractivity contribution is 6.32. The molecule has 2 atom stereocenters. The van der Waals surface area contributed by atoms with E-state index in [1.807, 2.05) is 13.0 Å². The molecular formula is C18H21ClO2. The lowest BCUT2D eigenvalue weighted by molar-refractivity contribution is 0.431. The highest BCUT2D eigenvalue weighted by Crippen LogP contribution is 2.43. The highest BCUT2D eigenvalue weighted by Gasteiger charge is 2.26. The number of rotatable bonds is 3. The van der Waals surface area contributed by atoms with E-state index in [9.17, 15) is 10.2 Å². The van der Waals surface area contributed by atoms with E-state index in [1.54, 1.807) is 6.07 Å². The summed E-state index contributed by atoms with van der Waals surface area (Å²) < 4.78 is 0. The van der Waals surface area contributed by atoms with E-state index in [-0.39, 0.29) is 28.4 Å². The molecule has 0 radical (unpaired) electrons. The first-order valence-electron chi connectivity index (χ1n) is 7.11. The fourth-order valence-corrected chi connectivity index (χ4v) is 2.92. The lowest BCUT2D eigenvalue weighted by Crippen LogP contribution is -2.14. The lowest BCUT2D eigenvalue weighted by atomic mass is 9.76. The number of allylic oxidation sites excluding steroid dienone is 5. The zero-order chi connectivity index (χ0) is 15.6. The first-order valence-corrected chi connectivity index (χ1v) is 7.48. The second kappa shape index (κ2) is 6.40. The lowest BCUT2D eigenvalue weighted by Gasteiger charge is -2.28. The summed E-state index contributed by atoms with van der Waals surface area (Å²) in [5.74, 6) is 0.342. The summed E-state index contributed by atoms with van der Waals surface area (Å²) in [6, 6.07) is 2.97. The quantitative estimate of drug-likeness (QED) is 0.586. The average molecular weight is 305 g/mol. The van der Waals surface area contributed by atoms with E-state index in [1.165, 1.54) is 11.6 Å².